The Bertz CT molecular complexity index is 172. The fourth-order valence-corrected chi connectivity index (χ4v) is 1.77. The van der Waals surface area contributed by atoms with Crippen molar-refractivity contribution < 1.29 is 0 Å². The van der Waals surface area contributed by atoms with Crippen LogP contribution >= 0.6 is 0 Å². The third kappa shape index (κ3) is 4.64. The summed E-state index contributed by atoms with van der Waals surface area (Å²) < 4.78 is 0. The summed E-state index contributed by atoms with van der Waals surface area (Å²) in [7, 11) is 0. The summed E-state index contributed by atoms with van der Waals surface area (Å²) in [6, 6.07) is 0. The van der Waals surface area contributed by atoms with Crippen molar-refractivity contribution in [1.29, 1.82) is 0 Å². The van der Waals surface area contributed by atoms with Crippen molar-refractivity contribution in [3.63, 3.8) is 0 Å². The van der Waals surface area contributed by atoms with E-state index >= 15 is 0 Å². The van der Waals surface area contributed by atoms with Crippen LogP contribution < -0.4 is 0 Å². The molecule has 0 spiro atoms. The third-order valence-electron chi connectivity index (χ3n) is 2.41. The summed E-state index contributed by atoms with van der Waals surface area (Å²) in [6.07, 6.45) is 7.14. The van der Waals surface area contributed by atoms with Gasteiger partial charge in [0.15, 0.2) is 0 Å². The summed E-state index contributed by atoms with van der Waals surface area (Å²) in [4.78, 5) is 0. The molecule has 0 radical (unpaired) electrons. The number of allylic oxidation sites excluding steroid dienone is 4. The first-order chi connectivity index (χ1) is 6.79. The molecule has 0 N–H and O–H groups in total. The Balaban J connectivity index is 0. The molecule has 0 amide bonds. The summed E-state index contributed by atoms with van der Waals surface area (Å²) >= 11 is 0. The van der Waals surface area contributed by atoms with Gasteiger partial charge in [-0.15, -0.1) is 0 Å². The lowest BCUT2D eigenvalue weighted by atomic mass is 10.0. The first kappa shape index (κ1) is 15.9. The highest BCUT2D eigenvalue weighted by molar-refractivity contribution is 5.35. The molecule has 14 heavy (non-hydrogen) atoms. The lowest BCUT2D eigenvalue weighted by Gasteiger charge is -2.03. The average Bonchev–Trinajstić information content (AvgIpc) is 2.64. The molecule has 1 unspecified atom stereocenters. The van der Waals surface area contributed by atoms with Gasteiger partial charge in [-0.1, -0.05) is 46.8 Å². The lowest BCUT2D eigenvalue weighted by Crippen LogP contribution is -1.88. The molecule has 1 aliphatic carbocycles. The molecule has 1 fully saturated rings. The SMILES string of the molecule is C/C=C1/CCC(C)/C1=C/C.CC.CC. The van der Waals surface area contributed by atoms with Gasteiger partial charge in [-0.3, -0.25) is 0 Å². The molecular formula is C14H28. The molecule has 0 heterocycles. The van der Waals surface area contributed by atoms with Gasteiger partial charge in [0.25, 0.3) is 0 Å². The van der Waals surface area contributed by atoms with Crippen LogP contribution in [0, 0.1) is 5.92 Å². The Morgan fingerprint density at radius 1 is 1.00 bits per heavy atom. The van der Waals surface area contributed by atoms with Gasteiger partial charge in [0.1, 0.15) is 0 Å². The van der Waals surface area contributed by atoms with E-state index in [4.69, 9.17) is 0 Å². The molecule has 1 rings (SSSR count). The van der Waals surface area contributed by atoms with Crippen LogP contribution in [0.1, 0.15) is 61.3 Å². The van der Waals surface area contributed by atoms with E-state index in [2.05, 4.69) is 32.9 Å². The summed E-state index contributed by atoms with van der Waals surface area (Å²) in [5.74, 6) is 0.802. The number of hydrogen-bond donors (Lipinski definition) is 0. The van der Waals surface area contributed by atoms with Gasteiger partial charge in [-0.25, -0.2) is 0 Å². The van der Waals surface area contributed by atoms with Gasteiger partial charge >= 0.3 is 0 Å². The second-order valence-corrected chi connectivity index (χ2v) is 3.00. The molecule has 1 aliphatic rings. The molecule has 1 saturated carbocycles. The highest BCUT2D eigenvalue weighted by Crippen LogP contribution is 2.35. The van der Waals surface area contributed by atoms with Crippen LogP contribution in [0.2, 0.25) is 0 Å². The lowest BCUT2D eigenvalue weighted by molar-refractivity contribution is 0.696. The van der Waals surface area contributed by atoms with Crippen LogP contribution in [0.3, 0.4) is 0 Å². The molecule has 0 aromatic heterocycles. The molecule has 0 aliphatic heterocycles. The van der Waals surface area contributed by atoms with E-state index in [-0.39, 0.29) is 0 Å². The molecule has 0 bridgehead atoms. The van der Waals surface area contributed by atoms with Crippen molar-refractivity contribution >= 4 is 0 Å². The van der Waals surface area contributed by atoms with Crippen LogP contribution in [0.25, 0.3) is 0 Å². The minimum Gasteiger partial charge on any atom is -0.0842 e. The zero-order chi connectivity index (χ0) is 11.6. The van der Waals surface area contributed by atoms with Crippen molar-refractivity contribution in [3.8, 4) is 0 Å². The van der Waals surface area contributed by atoms with Crippen molar-refractivity contribution in [2.45, 2.75) is 61.3 Å². The first-order valence-electron chi connectivity index (χ1n) is 6.11. The Labute approximate surface area is 91.1 Å². The van der Waals surface area contributed by atoms with Crippen LogP contribution in [-0.2, 0) is 0 Å². The Kier molecular flexibility index (Phi) is 12.0. The zero-order valence-electron chi connectivity index (χ0n) is 11.1. The van der Waals surface area contributed by atoms with Gasteiger partial charge < -0.3 is 0 Å². The fraction of sp³-hybridized carbons (Fsp3) is 0.714. The predicted molar refractivity (Wildman–Crippen MR) is 68.6 cm³/mol. The topological polar surface area (TPSA) is 0 Å². The van der Waals surface area contributed by atoms with E-state index in [9.17, 15) is 0 Å². The molecule has 0 nitrogen and oxygen atoms in total. The zero-order valence-corrected chi connectivity index (χ0v) is 11.1. The molecule has 0 saturated heterocycles. The van der Waals surface area contributed by atoms with Crippen molar-refractivity contribution in [2.75, 3.05) is 0 Å². The van der Waals surface area contributed by atoms with Crippen LogP contribution in [0.4, 0.5) is 0 Å². The van der Waals surface area contributed by atoms with Gasteiger partial charge in [0.05, 0.1) is 0 Å². The van der Waals surface area contributed by atoms with Gasteiger partial charge in [0, 0.05) is 0 Å². The summed E-state index contributed by atoms with van der Waals surface area (Å²) in [5.41, 5.74) is 3.14. The van der Waals surface area contributed by atoms with Crippen LogP contribution in [0.15, 0.2) is 23.3 Å². The van der Waals surface area contributed by atoms with Gasteiger partial charge in [-0.05, 0) is 43.8 Å². The van der Waals surface area contributed by atoms with Crippen molar-refractivity contribution in [1.82, 2.24) is 0 Å². The molecule has 0 aromatic carbocycles. The van der Waals surface area contributed by atoms with Crippen LogP contribution in [-0.4, -0.2) is 0 Å². The Morgan fingerprint density at radius 3 is 1.79 bits per heavy atom. The quantitative estimate of drug-likeness (QED) is 0.489. The van der Waals surface area contributed by atoms with E-state index in [0.29, 0.717) is 0 Å². The highest BCUT2D eigenvalue weighted by atomic mass is 14.2. The standard InChI is InChI=1S/C10H16.2C2H6/c1-4-9-7-6-8(3)10(9)5-2;2*1-2/h4-5,8H,6-7H2,1-3H3;2*1-2H3/b9-4-,10-5-;;. The average molecular weight is 196 g/mol. The van der Waals surface area contributed by atoms with Gasteiger partial charge in [-0.2, -0.15) is 0 Å². The van der Waals surface area contributed by atoms with Crippen LogP contribution in [0.5, 0.6) is 0 Å². The summed E-state index contributed by atoms with van der Waals surface area (Å²) in [5, 5.41) is 0. The summed E-state index contributed by atoms with van der Waals surface area (Å²) in [6.45, 7) is 14.6. The number of hydrogen-bond acceptors (Lipinski definition) is 0. The maximum atomic E-state index is 2.31. The van der Waals surface area contributed by atoms with Crippen molar-refractivity contribution in [3.05, 3.63) is 23.3 Å². The minimum atomic E-state index is 0.802. The maximum absolute atomic E-state index is 2.31. The second-order valence-electron chi connectivity index (χ2n) is 3.00. The smallest absolute Gasteiger partial charge is 0.0188 e. The molecule has 84 valence electrons. The molecule has 0 aromatic rings. The third-order valence-corrected chi connectivity index (χ3v) is 2.41. The normalized spacial score (nSPS) is 25.2. The largest absolute Gasteiger partial charge is 0.0842 e. The maximum Gasteiger partial charge on any atom is -0.0188 e. The first-order valence-corrected chi connectivity index (χ1v) is 6.11. The predicted octanol–water partition coefficient (Wildman–Crippen LogP) is 5.36. The highest BCUT2D eigenvalue weighted by Gasteiger charge is 2.19. The Hall–Kier alpha value is -0.520. The molecule has 0 heteroatoms. The van der Waals surface area contributed by atoms with E-state index < -0.39 is 0 Å². The minimum absolute atomic E-state index is 0.802. The van der Waals surface area contributed by atoms with Gasteiger partial charge in [0.2, 0.25) is 0 Å². The van der Waals surface area contributed by atoms with E-state index in [1.165, 1.54) is 12.8 Å². The second kappa shape index (κ2) is 10.6. The number of rotatable bonds is 0. The molecular weight excluding hydrogens is 168 g/mol. The van der Waals surface area contributed by atoms with E-state index in [0.717, 1.165) is 5.92 Å². The van der Waals surface area contributed by atoms with E-state index in [1.54, 1.807) is 11.1 Å². The Morgan fingerprint density at radius 2 is 1.50 bits per heavy atom. The monoisotopic (exact) mass is 196 g/mol. The van der Waals surface area contributed by atoms with Crippen molar-refractivity contribution in [2.24, 2.45) is 5.92 Å². The fourth-order valence-electron chi connectivity index (χ4n) is 1.77. The van der Waals surface area contributed by atoms with E-state index in [1.807, 2.05) is 27.7 Å². The molecule has 1 atom stereocenters.